The van der Waals surface area contributed by atoms with Crippen molar-refractivity contribution in [2.45, 2.75) is 12.8 Å². The number of rotatable bonds is 4. The highest BCUT2D eigenvalue weighted by Gasteiger charge is 2.08. The molecular weight excluding hydrogens is 214 g/mol. The Morgan fingerprint density at radius 2 is 1.88 bits per heavy atom. The van der Waals surface area contributed by atoms with Crippen molar-refractivity contribution < 1.29 is 4.79 Å². The van der Waals surface area contributed by atoms with E-state index < -0.39 is 0 Å². The Balaban J connectivity index is 2.01. The molecule has 86 valence electrons. The fourth-order valence-electron chi connectivity index (χ4n) is 1.58. The molecule has 0 aliphatic heterocycles. The summed E-state index contributed by atoms with van der Waals surface area (Å²) in [5.41, 5.74) is 7.23. The van der Waals surface area contributed by atoms with Gasteiger partial charge in [0.15, 0.2) is 0 Å². The summed E-state index contributed by atoms with van der Waals surface area (Å²) < 4.78 is 0. The highest BCUT2D eigenvalue weighted by Crippen LogP contribution is 2.09. The van der Waals surface area contributed by atoms with Gasteiger partial charge in [-0.25, -0.2) is 4.98 Å². The van der Waals surface area contributed by atoms with Gasteiger partial charge in [0.05, 0.1) is 0 Å². The molecule has 2 aromatic heterocycles. The average Bonchev–Trinajstić information content (AvgIpc) is 2.33. The molecule has 4 heteroatoms. The third-order valence-electron chi connectivity index (χ3n) is 2.42. The second kappa shape index (κ2) is 5.21. The Bertz CT molecular complexity index is 511. The number of pyridine rings is 2. The number of anilines is 1. The van der Waals surface area contributed by atoms with E-state index >= 15 is 0 Å². The maximum atomic E-state index is 11.8. The molecule has 17 heavy (non-hydrogen) atoms. The number of hydrogen-bond acceptors (Lipinski definition) is 4. The molecule has 2 N–H and O–H groups in total. The SMILES string of the molecule is Nc1ncccc1CC(=O)Cc1ccccn1. The molecule has 0 spiro atoms. The summed E-state index contributed by atoms with van der Waals surface area (Å²) in [7, 11) is 0. The molecular formula is C13H13N3O. The van der Waals surface area contributed by atoms with Crippen LogP contribution >= 0.6 is 0 Å². The third kappa shape index (κ3) is 3.11. The molecule has 2 rings (SSSR count). The fourth-order valence-corrected chi connectivity index (χ4v) is 1.58. The van der Waals surface area contributed by atoms with Crippen LogP contribution in [0.3, 0.4) is 0 Å². The lowest BCUT2D eigenvalue weighted by molar-refractivity contribution is -0.117. The van der Waals surface area contributed by atoms with E-state index in [1.807, 2.05) is 24.3 Å². The first-order valence-corrected chi connectivity index (χ1v) is 5.36. The van der Waals surface area contributed by atoms with Crippen molar-refractivity contribution in [3.8, 4) is 0 Å². The molecule has 0 radical (unpaired) electrons. The molecule has 0 aliphatic carbocycles. The first kappa shape index (κ1) is 11.3. The Kier molecular flexibility index (Phi) is 3.45. The summed E-state index contributed by atoms with van der Waals surface area (Å²) in [6.07, 6.45) is 3.93. The van der Waals surface area contributed by atoms with Crippen molar-refractivity contribution in [3.63, 3.8) is 0 Å². The number of carbonyl (C=O) groups excluding carboxylic acids is 1. The zero-order chi connectivity index (χ0) is 12.1. The summed E-state index contributed by atoms with van der Waals surface area (Å²) in [5.74, 6) is 0.505. The van der Waals surface area contributed by atoms with E-state index in [0.29, 0.717) is 18.7 Å². The normalized spacial score (nSPS) is 10.1. The summed E-state index contributed by atoms with van der Waals surface area (Å²) >= 11 is 0. The highest BCUT2D eigenvalue weighted by atomic mass is 16.1. The molecule has 4 nitrogen and oxygen atoms in total. The molecule has 0 fully saturated rings. The van der Waals surface area contributed by atoms with Crippen LogP contribution in [0.5, 0.6) is 0 Å². The van der Waals surface area contributed by atoms with Crippen LogP contribution in [-0.2, 0) is 17.6 Å². The fraction of sp³-hybridized carbons (Fsp3) is 0.154. The Morgan fingerprint density at radius 1 is 1.06 bits per heavy atom. The van der Waals surface area contributed by atoms with Gasteiger partial charge in [0, 0.05) is 36.5 Å². The van der Waals surface area contributed by atoms with Gasteiger partial charge < -0.3 is 5.73 Å². The van der Waals surface area contributed by atoms with Gasteiger partial charge in [0.25, 0.3) is 0 Å². The van der Waals surface area contributed by atoms with Crippen molar-refractivity contribution in [2.24, 2.45) is 0 Å². The minimum atomic E-state index is 0.0865. The number of nitrogen functional groups attached to an aromatic ring is 1. The Hall–Kier alpha value is -2.23. The zero-order valence-corrected chi connectivity index (χ0v) is 9.34. The lowest BCUT2D eigenvalue weighted by Gasteiger charge is -2.03. The largest absolute Gasteiger partial charge is 0.383 e. The van der Waals surface area contributed by atoms with Gasteiger partial charge in [-0.1, -0.05) is 12.1 Å². The Labute approximate surface area is 99.5 Å². The second-order valence-corrected chi connectivity index (χ2v) is 3.76. The molecule has 0 saturated heterocycles. The third-order valence-corrected chi connectivity index (χ3v) is 2.42. The lowest BCUT2D eigenvalue weighted by Crippen LogP contribution is -2.09. The maximum Gasteiger partial charge on any atom is 0.143 e. The quantitative estimate of drug-likeness (QED) is 0.857. The van der Waals surface area contributed by atoms with Gasteiger partial charge in [-0.05, 0) is 18.2 Å². The monoisotopic (exact) mass is 227 g/mol. The molecule has 2 heterocycles. The molecule has 0 aromatic carbocycles. The van der Waals surface area contributed by atoms with Crippen molar-refractivity contribution in [1.82, 2.24) is 9.97 Å². The lowest BCUT2D eigenvalue weighted by atomic mass is 10.1. The van der Waals surface area contributed by atoms with Crippen LogP contribution in [0.2, 0.25) is 0 Å². The topological polar surface area (TPSA) is 68.9 Å². The summed E-state index contributed by atoms with van der Waals surface area (Å²) in [6, 6.07) is 9.13. The van der Waals surface area contributed by atoms with Crippen LogP contribution < -0.4 is 5.73 Å². The van der Waals surface area contributed by atoms with E-state index in [9.17, 15) is 4.79 Å². The number of aromatic nitrogens is 2. The second-order valence-electron chi connectivity index (χ2n) is 3.76. The standard InChI is InChI=1S/C13H13N3O/c14-13-10(4-3-7-16-13)8-12(17)9-11-5-1-2-6-15-11/h1-7H,8-9H2,(H2,14,16). The molecule has 0 aliphatic rings. The minimum absolute atomic E-state index is 0.0865. The van der Waals surface area contributed by atoms with Gasteiger partial charge in [0.1, 0.15) is 11.6 Å². The summed E-state index contributed by atoms with van der Waals surface area (Å²) in [6.45, 7) is 0. The highest BCUT2D eigenvalue weighted by molar-refractivity contribution is 5.83. The van der Waals surface area contributed by atoms with E-state index in [0.717, 1.165) is 11.3 Å². The van der Waals surface area contributed by atoms with E-state index in [2.05, 4.69) is 9.97 Å². The first-order chi connectivity index (χ1) is 8.25. The zero-order valence-electron chi connectivity index (χ0n) is 9.34. The molecule has 2 aromatic rings. The van der Waals surface area contributed by atoms with Gasteiger partial charge in [-0.3, -0.25) is 9.78 Å². The molecule has 0 bridgehead atoms. The maximum absolute atomic E-state index is 11.8. The van der Waals surface area contributed by atoms with E-state index in [4.69, 9.17) is 5.73 Å². The Morgan fingerprint density at radius 3 is 2.59 bits per heavy atom. The smallest absolute Gasteiger partial charge is 0.143 e. The number of nitrogens with zero attached hydrogens (tertiary/aromatic N) is 2. The molecule has 0 unspecified atom stereocenters. The summed E-state index contributed by atoms with van der Waals surface area (Å²) in [5, 5.41) is 0. The van der Waals surface area contributed by atoms with Crippen LogP contribution in [-0.4, -0.2) is 15.8 Å². The minimum Gasteiger partial charge on any atom is -0.383 e. The van der Waals surface area contributed by atoms with Crippen molar-refractivity contribution in [3.05, 3.63) is 54.0 Å². The van der Waals surface area contributed by atoms with Crippen LogP contribution in [0.25, 0.3) is 0 Å². The van der Waals surface area contributed by atoms with Crippen LogP contribution in [0, 0.1) is 0 Å². The first-order valence-electron chi connectivity index (χ1n) is 5.36. The van der Waals surface area contributed by atoms with E-state index in [1.165, 1.54) is 0 Å². The van der Waals surface area contributed by atoms with Crippen molar-refractivity contribution >= 4 is 11.6 Å². The van der Waals surface area contributed by atoms with Gasteiger partial charge in [-0.2, -0.15) is 0 Å². The average molecular weight is 227 g/mol. The predicted molar refractivity (Wildman–Crippen MR) is 65.3 cm³/mol. The van der Waals surface area contributed by atoms with Gasteiger partial charge in [-0.15, -0.1) is 0 Å². The number of hydrogen-bond donors (Lipinski definition) is 1. The molecule has 0 amide bonds. The van der Waals surface area contributed by atoms with Crippen LogP contribution in [0.1, 0.15) is 11.3 Å². The van der Waals surface area contributed by atoms with E-state index in [-0.39, 0.29) is 5.78 Å². The summed E-state index contributed by atoms with van der Waals surface area (Å²) in [4.78, 5) is 19.9. The number of ketones is 1. The molecule has 0 saturated carbocycles. The number of nitrogens with two attached hydrogens (primary N) is 1. The van der Waals surface area contributed by atoms with Gasteiger partial charge in [0.2, 0.25) is 0 Å². The number of Topliss-reactive ketones (excluding diaryl/α,β-unsaturated/α-hetero) is 1. The number of carbonyl (C=O) groups is 1. The molecule has 0 atom stereocenters. The van der Waals surface area contributed by atoms with Crippen LogP contribution in [0.15, 0.2) is 42.7 Å². The van der Waals surface area contributed by atoms with Gasteiger partial charge >= 0.3 is 0 Å². The van der Waals surface area contributed by atoms with Crippen molar-refractivity contribution in [1.29, 1.82) is 0 Å². The van der Waals surface area contributed by atoms with Crippen molar-refractivity contribution in [2.75, 3.05) is 5.73 Å². The van der Waals surface area contributed by atoms with E-state index in [1.54, 1.807) is 18.5 Å². The predicted octanol–water partition coefficient (Wildman–Crippen LogP) is 1.41. The van der Waals surface area contributed by atoms with Crippen LogP contribution in [0.4, 0.5) is 5.82 Å².